The highest BCUT2D eigenvalue weighted by Crippen LogP contribution is 2.59. The summed E-state index contributed by atoms with van der Waals surface area (Å²) in [5, 5.41) is 20.4. The third kappa shape index (κ3) is 6.77. The first-order valence-electron chi connectivity index (χ1n) is 14.7. The van der Waals surface area contributed by atoms with Crippen molar-refractivity contribution in [3.63, 3.8) is 0 Å². The van der Waals surface area contributed by atoms with E-state index in [0.29, 0.717) is 36.9 Å². The minimum atomic E-state index is -1.18. The van der Waals surface area contributed by atoms with Crippen LogP contribution in [0.5, 0.6) is 0 Å². The quantitative estimate of drug-likeness (QED) is 0.109. The lowest BCUT2D eigenvalue weighted by molar-refractivity contribution is -0.157. The maximum atomic E-state index is 13.0. The highest BCUT2D eigenvalue weighted by atomic mass is 16.5. The standard InChI is InChI=1S/C33H50O5/c1-7-8-9-19-38-31(37)32(4,5)30(36)17-12-22(2)26-15-16-27-25(11-10-18-33(26,27)6)14-13-24-20-28(34)23(3)29(35)21-24/h12-14,17,22,26-29,34-35H,3,7-11,15-16,18-21H2,1-2,4-6H3/b17-12+,25-14+/t22-,26+,27-,28+,29+,33+/m0/s1. The van der Waals surface area contributed by atoms with Crippen LogP contribution in [0.25, 0.3) is 0 Å². The number of ketones is 1. The molecule has 5 nitrogen and oxygen atoms in total. The van der Waals surface area contributed by atoms with E-state index in [1.807, 2.05) is 6.08 Å². The molecule has 0 amide bonds. The summed E-state index contributed by atoms with van der Waals surface area (Å²) in [7, 11) is 0. The van der Waals surface area contributed by atoms with E-state index in [-0.39, 0.29) is 17.1 Å². The molecule has 5 heteroatoms. The Morgan fingerprint density at radius 1 is 1.16 bits per heavy atom. The number of carbonyl (C=O) groups excluding carboxylic acids is 2. The number of aliphatic hydroxyl groups excluding tert-OH is 2. The Labute approximate surface area is 230 Å². The van der Waals surface area contributed by atoms with Gasteiger partial charge in [0, 0.05) is 0 Å². The molecule has 38 heavy (non-hydrogen) atoms. The van der Waals surface area contributed by atoms with Gasteiger partial charge in [0.1, 0.15) is 5.41 Å². The summed E-state index contributed by atoms with van der Waals surface area (Å²) in [6.45, 7) is 14.2. The maximum Gasteiger partial charge on any atom is 0.319 e. The summed E-state index contributed by atoms with van der Waals surface area (Å²) in [5.74, 6) is 0.575. The van der Waals surface area contributed by atoms with Crippen LogP contribution in [0.2, 0.25) is 0 Å². The van der Waals surface area contributed by atoms with Crippen molar-refractivity contribution in [3.8, 4) is 0 Å². The van der Waals surface area contributed by atoms with E-state index >= 15 is 0 Å². The molecule has 0 heterocycles. The number of hydrogen-bond acceptors (Lipinski definition) is 5. The number of hydrogen-bond donors (Lipinski definition) is 2. The van der Waals surface area contributed by atoms with Gasteiger partial charge in [-0.1, -0.05) is 69.6 Å². The van der Waals surface area contributed by atoms with Gasteiger partial charge in [-0.3, -0.25) is 9.59 Å². The smallest absolute Gasteiger partial charge is 0.319 e. The zero-order chi connectivity index (χ0) is 28.1. The molecular weight excluding hydrogens is 476 g/mol. The van der Waals surface area contributed by atoms with Crippen molar-refractivity contribution in [2.24, 2.45) is 28.6 Å². The van der Waals surface area contributed by atoms with Crippen molar-refractivity contribution in [1.29, 1.82) is 0 Å². The Bertz CT molecular complexity index is 954. The van der Waals surface area contributed by atoms with E-state index in [0.717, 1.165) is 50.5 Å². The molecule has 2 N–H and O–H groups in total. The first-order valence-corrected chi connectivity index (χ1v) is 14.7. The van der Waals surface area contributed by atoms with Gasteiger partial charge in [0.15, 0.2) is 5.78 Å². The Balaban J connectivity index is 1.65. The van der Waals surface area contributed by atoms with Crippen LogP contribution in [0, 0.1) is 28.6 Å². The lowest BCUT2D eigenvalue weighted by Crippen LogP contribution is -2.36. The summed E-state index contributed by atoms with van der Waals surface area (Å²) in [6, 6.07) is 0. The summed E-state index contributed by atoms with van der Waals surface area (Å²) in [4.78, 5) is 25.5. The van der Waals surface area contributed by atoms with Gasteiger partial charge in [-0.05, 0) is 100 Å². The molecule has 3 aliphatic rings. The van der Waals surface area contributed by atoms with Crippen LogP contribution in [-0.4, -0.2) is 40.8 Å². The summed E-state index contributed by atoms with van der Waals surface area (Å²) in [5.41, 5.74) is 2.06. The van der Waals surface area contributed by atoms with Crippen LogP contribution >= 0.6 is 0 Å². The van der Waals surface area contributed by atoms with Crippen molar-refractivity contribution < 1.29 is 24.5 Å². The molecule has 3 fully saturated rings. The summed E-state index contributed by atoms with van der Waals surface area (Å²) in [6.07, 6.45) is 16.3. The Kier molecular flexibility index (Phi) is 10.4. The largest absolute Gasteiger partial charge is 0.465 e. The van der Waals surface area contributed by atoms with Gasteiger partial charge in [0.25, 0.3) is 0 Å². The first-order chi connectivity index (χ1) is 17.9. The zero-order valence-electron chi connectivity index (χ0n) is 24.3. The fourth-order valence-electron chi connectivity index (χ4n) is 6.95. The topological polar surface area (TPSA) is 83.8 Å². The monoisotopic (exact) mass is 526 g/mol. The summed E-state index contributed by atoms with van der Waals surface area (Å²) < 4.78 is 5.38. The normalized spacial score (nSPS) is 31.9. The third-order valence-corrected chi connectivity index (χ3v) is 9.63. The molecular formula is C33H50O5. The number of rotatable bonds is 10. The highest BCUT2D eigenvalue weighted by molar-refractivity contribution is 6.08. The van der Waals surface area contributed by atoms with Gasteiger partial charge >= 0.3 is 5.97 Å². The molecule has 6 atom stereocenters. The molecule has 0 radical (unpaired) electrons. The molecule has 0 saturated heterocycles. The van der Waals surface area contributed by atoms with Gasteiger partial charge in [-0.2, -0.15) is 0 Å². The lowest BCUT2D eigenvalue weighted by atomic mass is 9.61. The molecule has 3 saturated carbocycles. The maximum absolute atomic E-state index is 13.0. The average Bonchev–Trinajstić information content (AvgIpc) is 3.24. The van der Waals surface area contributed by atoms with Crippen LogP contribution in [0.1, 0.15) is 98.8 Å². The number of ether oxygens (including phenoxy) is 1. The Morgan fingerprint density at radius 3 is 2.50 bits per heavy atom. The van der Waals surface area contributed by atoms with Crippen LogP contribution in [0.4, 0.5) is 0 Å². The molecule has 0 aromatic heterocycles. The van der Waals surface area contributed by atoms with Gasteiger partial charge in [-0.15, -0.1) is 0 Å². The van der Waals surface area contributed by atoms with Gasteiger partial charge in [-0.25, -0.2) is 0 Å². The molecule has 3 rings (SSSR count). The number of unbranched alkanes of at least 4 members (excludes halogenated alkanes) is 2. The van der Waals surface area contributed by atoms with E-state index in [1.54, 1.807) is 19.9 Å². The molecule has 0 aromatic rings. The lowest BCUT2D eigenvalue weighted by Gasteiger charge is -2.44. The molecule has 0 aromatic carbocycles. The van der Waals surface area contributed by atoms with Crippen molar-refractivity contribution in [2.75, 3.05) is 6.61 Å². The molecule has 0 spiro atoms. The molecule has 0 unspecified atom stereocenters. The van der Waals surface area contributed by atoms with E-state index in [1.165, 1.54) is 12.0 Å². The van der Waals surface area contributed by atoms with E-state index in [2.05, 4.69) is 39.5 Å². The van der Waals surface area contributed by atoms with Gasteiger partial charge in [0.2, 0.25) is 0 Å². The van der Waals surface area contributed by atoms with E-state index < -0.39 is 23.6 Å². The number of fused-ring (bicyclic) bond motifs is 1. The first kappa shape index (κ1) is 30.6. The fourth-order valence-corrected chi connectivity index (χ4v) is 6.95. The molecule has 0 aliphatic heterocycles. The second kappa shape index (κ2) is 12.9. The van der Waals surface area contributed by atoms with Crippen molar-refractivity contribution in [2.45, 2.75) is 111 Å². The average molecular weight is 527 g/mol. The van der Waals surface area contributed by atoms with Crippen LogP contribution in [0.15, 0.2) is 47.6 Å². The number of aliphatic hydroxyl groups is 2. The van der Waals surface area contributed by atoms with Crippen LogP contribution < -0.4 is 0 Å². The fraction of sp³-hybridized carbons (Fsp3) is 0.697. The minimum absolute atomic E-state index is 0.170. The van der Waals surface area contributed by atoms with Crippen molar-refractivity contribution in [1.82, 2.24) is 0 Å². The number of allylic oxidation sites excluding steroid dienone is 5. The SMILES string of the molecule is C=C1[C@H](O)CC(=C/C=C2\CCC[C@]3(C)[C@@H]([C@@H](C)/C=C/C(=O)C(C)(C)C(=O)OCCCCC)CC[C@@H]23)C[C@H]1O. The third-order valence-electron chi connectivity index (χ3n) is 9.63. The van der Waals surface area contributed by atoms with Crippen LogP contribution in [-0.2, 0) is 14.3 Å². The number of esters is 1. The predicted octanol–water partition coefficient (Wildman–Crippen LogP) is 6.65. The Morgan fingerprint density at radius 2 is 1.84 bits per heavy atom. The molecule has 3 aliphatic carbocycles. The summed E-state index contributed by atoms with van der Waals surface area (Å²) >= 11 is 0. The second-order valence-corrected chi connectivity index (χ2v) is 12.7. The van der Waals surface area contributed by atoms with Crippen LogP contribution in [0.3, 0.4) is 0 Å². The Hall–Kier alpha value is -1.98. The zero-order valence-corrected chi connectivity index (χ0v) is 24.3. The van der Waals surface area contributed by atoms with Crippen molar-refractivity contribution in [3.05, 3.63) is 47.6 Å². The highest BCUT2D eigenvalue weighted by Gasteiger charge is 2.50. The van der Waals surface area contributed by atoms with Gasteiger partial charge in [0.05, 0.1) is 18.8 Å². The molecule has 0 bridgehead atoms. The predicted molar refractivity (Wildman–Crippen MR) is 152 cm³/mol. The second-order valence-electron chi connectivity index (χ2n) is 12.7. The molecule has 212 valence electrons. The number of carbonyl (C=O) groups is 2. The minimum Gasteiger partial charge on any atom is -0.465 e. The van der Waals surface area contributed by atoms with Crippen molar-refractivity contribution >= 4 is 11.8 Å². The van der Waals surface area contributed by atoms with E-state index in [4.69, 9.17) is 4.74 Å². The van der Waals surface area contributed by atoms with Gasteiger partial charge < -0.3 is 14.9 Å². The van der Waals surface area contributed by atoms with E-state index in [9.17, 15) is 19.8 Å².